The molecule has 0 radical (unpaired) electrons. The van der Waals surface area contributed by atoms with E-state index < -0.39 is 0 Å². The number of anilines is 10. The second-order valence-corrected chi connectivity index (χ2v) is 28.1. The number of benzene rings is 20. The highest BCUT2D eigenvalue weighted by molar-refractivity contribution is 6.34. The molecular weight excluding hydrogens is 1310 g/mol. The Bertz CT molecular complexity index is 6640. The first-order valence-corrected chi connectivity index (χ1v) is 37.1. The van der Waals surface area contributed by atoms with Crippen LogP contribution < -0.4 is 19.6 Å². The second kappa shape index (κ2) is 27.9. The smallest absolute Gasteiger partial charge is 0.0494 e. The maximum Gasteiger partial charge on any atom is 0.0494 e. The summed E-state index contributed by atoms with van der Waals surface area (Å²) in [4.78, 5) is 9.34. The molecule has 0 bridgehead atoms. The Morgan fingerprint density at radius 3 is 0.972 bits per heavy atom. The zero-order valence-electron chi connectivity index (χ0n) is 60.0. The van der Waals surface area contributed by atoms with E-state index in [1.54, 1.807) is 0 Å². The predicted molar refractivity (Wildman–Crippen MR) is 464 cm³/mol. The molecule has 108 heavy (non-hydrogen) atoms. The molecule has 0 aromatic heterocycles. The maximum atomic E-state index is 2.36. The lowest BCUT2D eigenvalue weighted by Crippen LogP contribution is -2.10. The standard InChI is InChI=1S/C55H38N2.C49H36N2/c1-56(53-34-33-51-49-20-9-16-41-15-8-19-48(54(41)49)50-21-10-22-52(53)55(50)51)44-28-23-39(24-29-44)40-25-30-45(31-26-40)57(47-32-27-38-13-5-6-14-42(38)36-47)46-18-7-17-43(35-46)37-11-3-2-4-12-37;1-50(49-34-41-16-7-8-19-46(41)47-20-9-10-21-48(47)49)42-27-22-37(23-28-42)38-24-29-43(30-25-38)51(45-31-26-36-14-5-6-15-39(36)33-45)44-18-11-17-40(32-44)35-12-3-2-4-13-35/h2-36H,1H3;2-34H,1H3. The van der Waals surface area contributed by atoms with Crippen molar-refractivity contribution in [2.75, 3.05) is 33.7 Å². The van der Waals surface area contributed by atoms with E-state index in [2.05, 4.69) is 446 Å². The fourth-order valence-electron chi connectivity index (χ4n) is 16.3. The summed E-state index contributed by atoms with van der Waals surface area (Å²) in [5.74, 6) is 0. The zero-order valence-corrected chi connectivity index (χ0v) is 60.0. The Labute approximate surface area is 629 Å². The molecule has 20 rings (SSSR count). The summed E-state index contributed by atoms with van der Waals surface area (Å²) in [5, 5.41) is 20.5. The number of fused-ring (bicyclic) bond motifs is 7. The molecule has 0 unspecified atom stereocenters. The molecule has 0 fully saturated rings. The van der Waals surface area contributed by atoms with Crippen molar-refractivity contribution < 1.29 is 0 Å². The lowest BCUT2D eigenvalue weighted by atomic mass is 9.89. The Morgan fingerprint density at radius 2 is 0.472 bits per heavy atom. The molecular formula is C104H74N4. The van der Waals surface area contributed by atoms with Gasteiger partial charge in [-0.15, -0.1) is 0 Å². The normalized spacial score (nSPS) is 11.4. The van der Waals surface area contributed by atoms with Crippen molar-refractivity contribution in [3.63, 3.8) is 0 Å². The van der Waals surface area contributed by atoms with Crippen molar-refractivity contribution in [2.45, 2.75) is 0 Å². The van der Waals surface area contributed by atoms with Gasteiger partial charge in [0.25, 0.3) is 0 Å². The maximum absolute atomic E-state index is 2.36. The van der Waals surface area contributed by atoms with Gasteiger partial charge in [0.05, 0.1) is 0 Å². The minimum atomic E-state index is 1.11. The largest absolute Gasteiger partial charge is 0.344 e. The van der Waals surface area contributed by atoms with E-state index in [4.69, 9.17) is 0 Å². The van der Waals surface area contributed by atoms with Gasteiger partial charge in [-0.25, -0.2) is 0 Å². The van der Waals surface area contributed by atoms with Crippen LogP contribution in [0.3, 0.4) is 0 Å². The lowest BCUT2D eigenvalue weighted by Gasteiger charge is -2.26. The number of hydrogen-bond donors (Lipinski definition) is 0. The van der Waals surface area contributed by atoms with E-state index in [1.807, 2.05) is 0 Å². The third-order valence-electron chi connectivity index (χ3n) is 21.8. The molecule has 0 aliphatic rings. The van der Waals surface area contributed by atoms with Crippen LogP contribution in [0.4, 0.5) is 56.9 Å². The predicted octanol–water partition coefficient (Wildman–Crippen LogP) is 29.2. The molecule has 0 amide bonds. The summed E-state index contributed by atoms with van der Waals surface area (Å²) in [6.07, 6.45) is 0. The summed E-state index contributed by atoms with van der Waals surface area (Å²) in [5.41, 5.74) is 20.9. The average Bonchev–Trinajstić information content (AvgIpc) is 0.717. The fraction of sp³-hybridized carbons (Fsp3) is 0.0192. The highest BCUT2D eigenvalue weighted by Gasteiger charge is 2.21. The third kappa shape index (κ3) is 12.1. The molecule has 20 aromatic rings. The van der Waals surface area contributed by atoms with Gasteiger partial charge in [-0.2, -0.15) is 0 Å². The first-order valence-electron chi connectivity index (χ1n) is 37.1. The summed E-state index contributed by atoms with van der Waals surface area (Å²) >= 11 is 0. The molecule has 510 valence electrons. The van der Waals surface area contributed by atoms with Gasteiger partial charge >= 0.3 is 0 Å². The average molecular weight is 1380 g/mol. The molecule has 0 aliphatic heterocycles. The van der Waals surface area contributed by atoms with Crippen LogP contribution in [0.15, 0.2) is 413 Å². The zero-order chi connectivity index (χ0) is 72.0. The van der Waals surface area contributed by atoms with Gasteiger partial charge in [0.2, 0.25) is 0 Å². The number of rotatable bonds is 14. The summed E-state index contributed by atoms with van der Waals surface area (Å²) in [6, 6.07) is 150. The van der Waals surface area contributed by atoms with Crippen molar-refractivity contribution in [3.8, 4) is 44.5 Å². The number of hydrogen-bond acceptors (Lipinski definition) is 4. The van der Waals surface area contributed by atoms with Crippen LogP contribution in [-0.2, 0) is 0 Å². The monoisotopic (exact) mass is 1380 g/mol. The molecule has 0 saturated carbocycles. The molecule has 0 atom stereocenters. The minimum Gasteiger partial charge on any atom is -0.344 e. The molecule has 0 saturated heterocycles. The van der Waals surface area contributed by atoms with Crippen LogP contribution in [0.25, 0.3) is 131 Å². The van der Waals surface area contributed by atoms with Crippen LogP contribution in [0.5, 0.6) is 0 Å². The molecule has 0 N–H and O–H groups in total. The van der Waals surface area contributed by atoms with Gasteiger partial charge in [0, 0.05) is 81.7 Å². The molecule has 0 spiro atoms. The van der Waals surface area contributed by atoms with E-state index in [0.717, 1.165) is 45.5 Å². The summed E-state index contributed by atoms with van der Waals surface area (Å²) in [6.45, 7) is 0. The first-order chi connectivity index (χ1) is 53.4. The molecule has 20 aromatic carbocycles. The fourth-order valence-corrected chi connectivity index (χ4v) is 16.3. The van der Waals surface area contributed by atoms with E-state index in [-0.39, 0.29) is 0 Å². The van der Waals surface area contributed by atoms with Crippen LogP contribution in [0.1, 0.15) is 0 Å². The summed E-state index contributed by atoms with van der Waals surface area (Å²) in [7, 11) is 4.34. The highest BCUT2D eigenvalue weighted by atomic mass is 15.2. The quantitative estimate of drug-likeness (QED) is 0.0795. The van der Waals surface area contributed by atoms with Gasteiger partial charge in [-0.3, -0.25) is 0 Å². The van der Waals surface area contributed by atoms with Crippen molar-refractivity contribution in [1.82, 2.24) is 0 Å². The Kier molecular flexibility index (Phi) is 16.7. The lowest BCUT2D eigenvalue weighted by molar-refractivity contribution is 1.22. The molecule has 4 nitrogen and oxygen atoms in total. The topological polar surface area (TPSA) is 13.0 Å². The Balaban J connectivity index is 0.000000148. The van der Waals surface area contributed by atoms with Gasteiger partial charge < -0.3 is 19.6 Å². The van der Waals surface area contributed by atoms with Crippen molar-refractivity contribution in [2.24, 2.45) is 0 Å². The van der Waals surface area contributed by atoms with Crippen LogP contribution in [-0.4, -0.2) is 14.1 Å². The van der Waals surface area contributed by atoms with Gasteiger partial charge in [0.1, 0.15) is 0 Å². The van der Waals surface area contributed by atoms with Crippen LogP contribution >= 0.6 is 0 Å². The Hall–Kier alpha value is -14.1. The van der Waals surface area contributed by atoms with Crippen molar-refractivity contribution in [3.05, 3.63) is 413 Å². The van der Waals surface area contributed by atoms with Gasteiger partial charge in [0.15, 0.2) is 0 Å². The number of nitrogens with zero attached hydrogens (tertiary/aromatic N) is 4. The third-order valence-corrected chi connectivity index (χ3v) is 21.8. The van der Waals surface area contributed by atoms with E-state index >= 15 is 0 Å². The van der Waals surface area contributed by atoms with Gasteiger partial charge in [-0.05, 0) is 229 Å². The van der Waals surface area contributed by atoms with Crippen LogP contribution in [0, 0.1) is 0 Å². The molecule has 0 aliphatic carbocycles. The van der Waals surface area contributed by atoms with Crippen LogP contribution in [0.2, 0.25) is 0 Å². The van der Waals surface area contributed by atoms with Crippen molar-refractivity contribution >= 4 is 143 Å². The SMILES string of the molecule is CN(c1ccc(-c2ccc(N(c3cccc(-c4ccccc4)c3)c3ccc4ccccc4c3)cc2)cc1)c1cc2ccccc2c2ccccc12.CN(c1ccc(-c2ccc(N(c3cccc(-c4ccccc4)c3)c3ccc4ccccc4c3)cc2)cc1)c1ccc2c3cccc4cccc(c5cccc1c52)c43. The van der Waals surface area contributed by atoms with Crippen molar-refractivity contribution in [1.29, 1.82) is 0 Å². The minimum absolute atomic E-state index is 1.11. The second-order valence-electron chi connectivity index (χ2n) is 28.1. The van der Waals surface area contributed by atoms with Gasteiger partial charge in [-0.1, -0.05) is 303 Å². The highest BCUT2D eigenvalue weighted by Crippen LogP contribution is 2.47. The molecule has 0 heterocycles. The van der Waals surface area contributed by atoms with E-state index in [0.29, 0.717) is 0 Å². The van der Waals surface area contributed by atoms with E-state index in [1.165, 1.54) is 142 Å². The first kappa shape index (κ1) is 64.8. The molecule has 4 heteroatoms. The Morgan fingerprint density at radius 1 is 0.148 bits per heavy atom. The summed E-state index contributed by atoms with van der Waals surface area (Å²) < 4.78 is 0. The van der Waals surface area contributed by atoms with E-state index in [9.17, 15) is 0 Å².